The minimum Gasteiger partial charge on any atom is -0.334 e. The van der Waals surface area contributed by atoms with Crippen LogP contribution >= 0.6 is 0 Å². The van der Waals surface area contributed by atoms with Crippen molar-refractivity contribution >= 4 is 11.6 Å². The van der Waals surface area contributed by atoms with E-state index in [4.69, 9.17) is 4.52 Å². The SMILES string of the molecule is Cc1cc(C)cc(N2CC(c3noc(-c4ccccc4)n3)CC2=O)c1. The molecule has 1 aromatic heterocycles. The van der Waals surface area contributed by atoms with Gasteiger partial charge in [0.1, 0.15) is 0 Å². The third-order valence-corrected chi connectivity index (χ3v) is 4.47. The van der Waals surface area contributed by atoms with Gasteiger partial charge in [0.05, 0.1) is 0 Å². The third-order valence-electron chi connectivity index (χ3n) is 4.47. The zero-order valence-electron chi connectivity index (χ0n) is 14.3. The zero-order valence-corrected chi connectivity index (χ0v) is 14.3. The van der Waals surface area contributed by atoms with E-state index in [9.17, 15) is 4.79 Å². The van der Waals surface area contributed by atoms with Gasteiger partial charge in [0.15, 0.2) is 5.82 Å². The second-order valence-electron chi connectivity index (χ2n) is 6.58. The average Bonchev–Trinajstić information content (AvgIpc) is 3.21. The monoisotopic (exact) mass is 333 g/mol. The van der Waals surface area contributed by atoms with Crippen LogP contribution in [0.2, 0.25) is 0 Å². The Morgan fingerprint density at radius 2 is 1.80 bits per heavy atom. The van der Waals surface area contributed by atoms with Crippen LogP contribution in [0.25, 0.3) is 11.5 Å². The summed E-state index contributed by atoms with van der Waals surface area (Å²) in [6.07, 6.45) is 0.404. The highest BCUT2D eigenvalue weighted by atomic mass is 16.5. The molecule has 4 rings (SSSR count). The normalized spacial score (nSPS) is 17.3. The van der Waals surface area contributed by atoms with Crippen molar-refractivity contribution in [2.45, 2.75) is 26.2 Å². The predicted octanol–water partition coefficient (Wildman–Crippen LogP) is 3.87. The summed E-state index contributed by atoms with van der Waals surface area (Å²) in [6.45, 7) is 4.66. The van der Waals surface area contributed by atoms with Crippen LogP contribution in [0.5, 0.6) is 0 Å². The fraction of sp³-hybridized carbons (Fsp3) is 0.250. The van der Waals surface area contributed by atoms with Gasteiger partial charge < -0.3 is 9.42 Å². The van der Waals surface area contributed by atoms with Crippen LogP contribution in [-0.2, 0) is 4.79 Å². The summed E-state index contributed by atoms with van der Waals surface area (Å²) >= 11 is 0. The first-order chi connectivity index (χ1) is 12.1. The van der Waals surface area contributed by atoms with Crippen LogP contribution in [-0.4, -0.2) is 22.6 Å². The van der Waals surface area contributed by atoms with E-state index in [1.807, 2.05) is 61.2 Å². The van der Waals surface area contributed by atoms with E-state index in [0.29, 0.717) is 24.7 Å². The van der Waals surface area contributed by atoms with E-state index < -0.39 is 0 Å². The largest absolute Gasteiger partial charge is 0.334 e. The predicted molar refractivity (Wildman–Crippen MR) is 95.4 cm³/mol. The van der Waals surface area contributed by atoms with E-state index in [-0.39, 0.29) is 11.8 Å². The molecule has 5 heteroatoms. The van der Waals surface area contributed by atoms with Crippen molar-refractivity contribution in [2.24, 2.45) is 0 Å². The molecule has 0 saturated carbocycles. The van der Waals surface area contributed by atoms with Gasteiger partial charge in [-0.15, -0.1) is 0 Å². The Kier molecular flexibility index (Phi) is 3.84. The fourth-order valence-corrected chi connectivity index (χ4v) is 3.34. The molecular formula is C20H19N3O2. The molecule has 0 radical (unpaired) electrons. The van der Waals surface area contributed by atoms with Gasteiger partial charge in [-0.1, -0.05) is 29.4 Å². The van der Waals surface area contributed by atoms with Gasteiger partial charge in [-0.25, -0.2) is 0 Å². The first kappa shape index (κ1) is 15.6. The average molecular weight is 333 g/mol. The van der Waals surface area contributed by atoms with Gasteiger partial charge in [0.25, 0.3) is 5.89 Å². The third kappa shape index (κ3) is 3.05. The molecule has 2 heterocycles. The molecule has 1 amide bonds. The summed E-state index contributed by atoms with van der Waals surface area (Å²) in [4.78, 5) is 18.8. The van der Waals surface area contributed by atoms with Crippen molar-refractivity contribution in [1.82, 2.24) is 10.1 Å². The van der Waals surface area contributed by atoms with Gasteiger partial charge in [-0.05, 0) is 49.2 Å². The van der Waals surface area contributed by atoms with E-state index in [1.54, 1.807) is 0 Å². The summed E-state index contributed by atoms with van der Waals surface area (Å²) in [7, 11) is 0. The number of hydrogen-bond donors (Lipinski definition) is 0. The Bertz CT molecular complexity index is 897. The summed E-state index contributed by atoms with van der Waals surface area (Å²) in [5, 5.41) is 4.11. The molecule has 1 fully saturated rings. The smallest absolute Gasteiger partial charge is 0.257 e. The molecule has 126 valence electrons. The highest BCUT2D eigenvalue weighted by molar-refractivity contribution is 5.96. The first-order valence-electron chi connectivity index (χ1n) is 8.38. The molecule has 1 aliphatic rings. The van der Waals surface area contributed by atoms with Gasteiger partial charge >= 0.3 is 0 Å². The van der Waals surface area contributed by atoms with Gasteiger partial charge in [0.2, 0.25) is 5.91 Å². The lowest BCUT2D eigenvalue weighted by molar-refractivity contribution is -0.117. The van der Waals surface area contributed by atoms with Crippen LogP contribution in [0.4, 0.5) is 5.69 Å². The summed E-state index contributed by atoms with van der Waals surface area (Å²) < 4.78 is 5.39. The summed E-state index contributed by atoms with van der Waals surface area (Å²) in [6, 6.07) is 15.8. The van der Waals surface area contributed by atoms with Crippen molar-refractivity contribution in [3.63, 3.8) is 0 Å². The number of amides is 1. The Morgan fingerprint density at radius 1 is 1.08 bits per heavy atom. The number of aryl methyl sites for hydroxylation is 2. The highest BCUT2D eigenvalue weighted by Gasteiger charge is 2.34. The van der Waals surface area contributed by atoms with Crippen LogP contribution in [0.1, 0.15) is 29.3 Å². The molecule has 3 aromatic rings. The number of benzene rings is 2. The number of hydrogen-bond acceptors (Lipinski definition) is 4. The van der Waals surface area contributed by atoms with Crippen LogP contribution < -0.4 is 4.90 Å². The first-order valence-corrected chi connectivity index (χ1v) is 8.38. The van der Waals surface area contributed by atoms with E-state index in [1.165, 1.54) is 0 Å². The second kappa shape index (κ2) is 6.16. The van der Waals surface area contributed by atoms with E-state index in [0.717, 1.165) is 22.4 Å². The molecule has 0 spiro atoms. The van der Waals surface area contributed by atoms with Crippen molar-refractivity contribution in [1.29, 1.82) is 0 Å². The summed E-state index contributed by atoms with van der Waals surface area (Å²) in [5.41, 5.74) is 4.13. The van der Waals surface area contributed by atoms with E-state index in [2.05, 4.69) is 16.2 Å². The fourth-order valence-electron chi connectivity index (χ4n) is 3.34. The maximum atomic E-state index is 12.5. The van der Waals surface area contributed by atoms with Crippen molar-refractivity contribution in [3.8, 4) is 11.5 Å². The number of anilines is 1. The molecule has 1 unspecified atom stereocenters. The van der Waals surface area contributed by atoms with Crippen LogP contribution in [0.15, 0.2) is 53.1 Å². The Morgan fingerprint density at radius 3 is 2.52 bits per heavy atom. The molecule has 5 nitrogen and oxygen atoms in total. The molecule has 2 aromatic carbocycles. The number of carbonyl (C=O) groups excluding carboxylic acids is 1. The second-order valence-corrected chi connectivity index (χ2v) is 6.58. The zero-order chi connectivity index (χ0) is 17.4. The van der Waals surface area contributed by atoms with Crippen LogP contribution in [0.3, 0.4) is 0 Å². The number of carbonyl (C=O) groups is 1. The van der Waals surface area contributed by atoms with Gasteiger partial charge in [0, 0.05) is 30.1 Å². The molecule has 0 aliphatic carbocycles. The standard InChI is InChI=1S/C20H19N3O2/c1-13-8-14(2)10-17(9-13)23-12-16(11-18(23)24)19-21-20(25-22-19)15-6-4-3-5-7-15/h3-10,16H,11-12H2,1-2H3. The Balaban J connectivity index is 1.57. The lowest BCUT2D eigenvalue weighted by atomic mass is 10.1. The quantitative estimate of drug-likeness (QED) is 0.730. The molecular weight excluding hydrogens is 314 g/mol. The van der Waals surface area contributed by atoms with Crippen molar-refractivity contribution < 1.29 is 9.32 Å². The topological polar surface area (TPSA) is 59.2 Å². The van der Waals surface area contributed by atoms with Crippen LogP contribution in [0, 0.1) is 13.8 Å². The molecule has 0 bridgehead atoms. The Labute approximate surface area is 146 Å². The van der Waals surface area contributed by atoms with Crippen molar-refractivity contribution in [2.75, 3.05) is 11.4 Å². The molecule has 0 N–H and O–H groups in total. The van der Waals surface area contributed by atoms with Gasteiger partial charge in [-0.3, -0.25) is 4.79 Å². The minimum absolute atomic E-state index is 0.0467. The number of nitrogens with zero attached hydrogens (tertiary/aromatic N) is 3. The maximum absolute atomic E-state index is 12.5. The molecule has 25 heavy (non-hydrogen) atoms. The minimum atomic E-state index is -0.0467. The molecule has 1 saturated heterocycles. The van der Waals surface area contributed by atoms with Crippen molar-refractivity contribution in [3.05, 3.63) is 65.5 Å². The maximum Gasteiger partial charge on any atom is 0.257 e. The summed E-state index contributed by atoms with van der Waals surface area (Å²) in [5.74, 6) is 1.14. The molecule has 1 aliphatic heterocycles. The lowest BCUT2D eigenvalue weighted by Crippen LogP contribution is -2.24. The number of rotatable bonds is 3. The molecule has 1 atom stereocenters. The van der Waals surface area contributed by atoms with Gasteiger partial charge in [-0.2, -0.15) is 4.98 Å². The lowest BCUT2D eigenvalue weighted by Gasteiger charge is -2.17. The van der Waals surface area contributed by atoms with E-state index >= 15 is 0 Å². The Hall–Kier alpha value is -2.95. The highest BCUT2D eigenvalue weighted by Crippen LogP contribution is 2.32. The number of aromatic nitrogens is 2.